The molecule has 2 aromatic rings. The molecule has 0 aromatic heterocycles. The van der Waals surface area contributed by atoms with Gasteiger partial charge in [-0.25, -0.2) is 0 Å². The van der Waals surface area contributed by atoms with Crippen LogP contribution >= 0.6 is 0 Å². The third kappa shape index (κ3) is 4.46. The summed E-state index contributed by atoms with van der Waals surface area (Å²) in [7, 11) is 0. The van der Waals surface area contributed by atoms with Crippen molar-refractivity contribution in [2.24, 2.45) is 0 Å². The number of amides is 1. The van der Waals surface area contributed by atoms with E-state index < -0.39 is 0 Å². The number of carbonyl (C=O) groups is 1. The Morgan fingerprint density at radius 1 is 1.15 bits per heavy atom. The molecule has 0 bridgehead atoms. The topological polar surface area (TPSA) is 32.3 Å². The van der Waals surface area contributed by atoms with Gasteiger partial charge in [-0.15, -0.1) is 0 Å². The normalized spacial score (nSPS) is 15.8. The average Bonchev–Trinajstić information content (AvgIpc) is 2.95. The molecule has 3 heteroatoms. The lowest BCUT2D eigenvalue weighted by Crippen LogP contribution is -2.33. The van der Waals surface area contributed by atoms with Gasteiger partial charge in [0, 0.05) is 31.2 Å². The van der Waals surface area contributed by atoms with Crippen LogP contribution in [0.15, 0.2) is 42.5 Å². The van der Waals surface area contributed by atoms with Crippen LogP contribution in [0.5, 0.6) is 0 Å². The van der Waals surface area contributed by atoms with E-state index in [1.807, 2.05) is 0 Å². The summed E-state index contributed by atoms with van der Waals surface area (Å²) in [6.07, 6.45) is 3.47. The molecule has 26 heavy (non-hydrogen) atoms. The summed E-state index contributed by atoms with van der Waals surface area (Å²) in [5.74, 6) is 0.151. The Kier molecular flexibility index (Phi) is 5.97. The lowest BCUT2D eigenvalue weighted by molar-refractivity contribution is -0.121. The summed E-state index contributed by atoms with van der Waals surface area (Å²) in [6.45, 7) is 8.26. The molecule has 0 radical (unpaired) electrons. The van der Waals surface area contributed by atoms with E-state index in [1.54, 1.807) is 0 Å². The van der Waals surface area contributed by atoms with Crippen LogP contribution in [-0.4, -0.2) is 25.0 Å². The maximum Gasteiger partial charge on any atom is 0.220 e. The molecule has 0 spiro atoms. The zero-order valence-corrected chi connectivity index (χ0v) is 16.2. The van der Waals surface area contributed by atoms with Gasteiger partial charge in [-0.05, 0) is 68.4 Å². The highest BCUT2D eigenvalue weighted by molar-refractivity contribution is 5.76. The molecule has 3 nitrogen and oxygen atoms in total. The van der Waals surface area contributed by atoms with Crippen molar-refractivity contribution in [1.82, 2.24) is 5.32 Å². The molecule has 0 saturated carbocycles. The van der Waals surface area contributed by atoms with Crippen LogP contribution in [-0.2, 0) is 17.6 Å². The van der Waals surface area contributed by atoms with Crippen molar-refractivity contribution < 1.29 is 4.79 Å². The molecule has 0 fully saturated rings. The van der Waals surface area contributed by atoms with Gasteiger partial charge in [0.05, 0.1) is 0 Å². The number of benzene rings is 2. The van der Waals surface area contributed by atoms with Gasteiger partial charge in [0.2, 0.25) is 5.91 Å². The number of nitrogens with zero attached hydrogens (tertiary/aromatic N) is 1. The zero-order chi connectivity index (χ0) is 18.5. The van der Waals surface area contributed by atoms with Crippen molar-refractivity contribution in [2.45, 2.75) is 52.5 Å². The minimum atomic E-state index is 0.151. The molecule has 1 aliphatic heterocycles. The summed E-state index contributed by atoms with van der Waals surface area (Å²) in [5, 5.41) is 3.08. The van der Waals surface area contributed by atoms with Crippen molar-refractivity contribution in [1.29, 1.82) is 0 Å². The first-order valence-corrected chi connectivity index (χ1v) is 9.72. The monoisotopic (exact) mass is 350 g/mol. The van der Waals surface area contributed by atoms with E-state index in [0.29, 0.717) is 12.5 Å². The molecule has 1 N–H and O–H groups in total. The van der Waals surface area contributed by atoms with Crippen molar-refractivity contribution >= 4 is 11.6 Å². The van der Waals surface area contributed by atoms with E-state index in [1.165, 1.54) is 27.9 Å². The minimum absolute atomic E-state index is 0.151. The van der Waals surface area contributed by atoms with Crippen LogP contribution in [0.3, 0.4) is 0 Å². The smallest absolute Gasteiger partial charge is 0.220 e. The van der Waals surface area contributed by atoms with Crippen LogP contribution in [0.2, 0.25) is 0 Å². The molecule has 0 aliphatic carbocycles. The van der Waals surface area contributed by atoms with Gasteiger partial charge in [-0.1, -0.05) is 36.4 Å². The van der Waals surface area contributed by atoms with E-state index in [2.05, 4.69) is 73.5 Å². The van der Waals surface area contributed by atoms with Gasteiger partial charge in [-0.3, -0.25) is 4.79 Å². The predicted molar refractivity (Wildman–Crippen MR) is 109 cm³/mol. The number of carbonyl (C=O) groups excluding carboxylic acids is 1. The zero-order valence-electron chi connectivity index (χ0n) is 16.2. The van der Waals surface area contributed by atoms with Gasteiger partial charge in [0.1, 0.15) is 0 Å². The van der Waals surface area contributed by atoms with Crippen LogP contribution in [0, 0.1) is 13.8 Å². The van der Waals surface area contributed by atoms with Crippen molar-refractivity contribution in [2.75, 3.05) is 18.0 Å². The Hall–Kier alpha value is -2.29. The molecule has 1 heterocycles. The standard InChI is InChI=1S/C23H30N2O/c1-17-9-10-20(15-18(17)2)11-12-23(26)24-13-6-14-25-19(3)16-21-7-4-5-8-22(21)25/h4-5,7-10,15,19H,6,11-14,16H2,1-3H3,(H,24,26)/t19-/m1/s1. The van der Waals surface area contributed by atoms with E-state index in [-0.39, 0.29) is 5.91 Å². The third-order valence-electron chi connectivity index (χ3n) is 5.46. The van der Waals surface area contributed by atoms with Gasteiger partial charge in [0.15, 0.2) is 0 Å². The number of anilines is 1. The number of aryl methyl sites for hydroxylation is 3. The Labute approximate surface area is 157 Å². The fourth-order valence-electron chi connectivity index (χ4n) is 3.75. The molecule has 0 unspecified atom stereocenters. The highest BCUT2D eigenvalue weighted by Crippen LogP contribution is 2.31. The molecule has 3 rings (SSSR count). The second-order valence-corrected chi connectivity index (χ2v) is 7.50. The Morgan fingerprint density at radius 2 is 1.96 bits per heavy atom. The highest BCUT2D eigenvalue weighted by atomic mass is 16.1. The minimum Gasteiger partial charge on any atom is -0.368 e. The fraction of sp³-hybridized carbons (Fsp3) is 0.435. The van der Waals surface area contributed by atoms with Crippen molar-refractivity contribution in [3.05, 3.63) is 64.7 Å². The number of hydrogen-bond acceptors (Lipinski definition) is 2. The van der Waals surface area contributed by atoms with Crippen LogP contribution < -0.4 is 10.2 Å². The first-order valence-electron chi connectivity index (χ1n) is 9.72. The second kappa shape index (κ2) is 8.39. The SMILES string of the molecule is Cc1ccc(CCC(=O)NCCCN2c3ccccc3C[C@H]2C)cc1C. The number of nitrogens with one attached hydrogen (secondary N) is 1. The molecule has 1 amide bonds. The molecule has 1 atom stereocenters. The maximum atomic E-state index is 12.1. The Balaban J connectivity index is 1.38. The molecular weight excluding hydrogens is 320 g/mol. The summed E-state index contributed by atoms with van der Waals surface area (Å²) in [5.41, 5.74) is 6.64. The molecule has 1 aliphatic rings. The largest absolute Gasteiger partial charge is 0.368 e. The summed E-state index contributed by atoms with van der Waals surface area (Å²) < 4.78 is 0. The number of para-hydroxylation sites is 1. The maximum absolute atomic E-state index is 12.1. The Morgan fingerprint density at radius 3 is 2.77 bits per heavy atom. The second-order valence-electron chi connectivity index (χ2n) is 7.50. The first-order chi connectivity index (χ1) is 12.5. The fourth-order valence-corrected chi connectivity index (χ4v) is 3.75. The number of rotatable bonds is 7. The van der Waals surface area contributed by atoms with Gasteiger partial charge in [0.25, 0.3) is 0 Å². The first kappa shape index (κ1) is 18.5. The molecule has 138 valence electrons. The molecule has 2 aromatic carbocycles. The number of hydrogen-bond donors (Lipinski definition) is 1. The van der Waals surface area contributed by atoms with Gasteiger partial charge >= 0.3 is 0 Å². The van der Waals surface area contributed by atoms with Crippen molar-refractivity contribution in [3.8, 4) is 0 Å². The average molecular weight is 351 g/mol. The van der Waals surface area contributed by atoms with E-state index in [4.69, 9.17) is 0 Å². The molecule has 0 saturated heterocycles. The lowest BCUT2D eigenvalue weighted by atomic mass is 10.0. The summed E-state index contributed by atoms with van der Waals surface area (Å²) in [6, 6.07) is 15.7. The van der Waals surface area contributed by atoms with Crippen LogP contribution in [0.4, 0.5) is 5.69 Å². The third-order valence-corrected chi connectivity index (χ3v) is 5.46. The van der Waals surface area contributed by atoms with Crippen LogP contribution in [0.1, 0.15) is 42.0 Å². The van der Waals surface area contributed by atoms with Gasteiger partial charge in [-0.2, -0.15) is 0 Å². The van der Waals surface area contributed by atoms with Gasteiger partial charge < -0.3 is 10.2 Å². The van der Waals surface area contributed by atoms with Crippen molar-refractivity contribution in [3.63, 3.8) is 0 Å². The number of fused-ring (bicyclic) bond motifs is 1. The quantitative estimate of drug-likeness (QED) is 0.759. The van der Waals surface area contributed by atoms with E-state index >= 15 is 0 Å². The highest BCUT2D eigenvalue weighted by Gasteiger charge is 2.24. The van der Waals surface area contributed by atoms with E-state index in [9.17, 15) is 4.79 Å². The lowest BCUT2D eigenvalue weighted by Gasteiger charge is -2.24. The Bertz CT molecular complexity index is 769. The summed E-state index contributed by atoms with van der Waals surface area (Å²) >= 11 is 0. The predicted octanol–water partition coefficient (Wildman–Crippen LogP) is 4.19. The summed E-state index contributed by atoms with van der Waals surface area (Å²) in [4.78, 5) is 14.6. The van der Waals surface area contributed by atoms with E-state index in [0.717, 1.165) is 32.4 Å². The molecular formula is C23H30N2O. The van der Waals surface area contributed by atoms with Crippen LogP contribution in [0.25, 0.3) is 0 Å².